The molecule has 0 fully saturated rings. The van der Waals surface area contributed by atoms with Crippen molar-refractivity contribution in [3.05, 3.63) is 115 Å². The zero-order chi connectivity index (χ0) is 22.0. The Balaban J connectivity index is 1.92. The lowest BCUT2D eigenvalue weighted by Crippen LogP contribution is -2.39. The quantitative estimate of drug-likeness (QED) is 0.458. The third kappa shape index (κ3) is 4.04. The highest BCUT2D eigenvalue weighted by Gasteiger charge is 2.33. The molecule has 0 N–H and O–H groups in total. The summed E-state index contributed by atoms with van der Waals surface area (Å²) in [7, 11) is 0. The van der Waals surface area contributed by atoms with Gasteiger partial charge >= 0.3 is 5.97 Å². The van der Waals surface area contributed by atoms with Crippen LogP contribution >= 0.6 is 11.3 Å². The lowest BCUT2D eigenvalue weighted by Gasteiger charge is -2.24. The summed E-state index contributed by atoms with van der Waals surface area (Å²) in [5.41, 5.74) is 2.01. The number of fused-ring (bicyclic) bond motifs is 1. The molecule has 0 saturated heterocycles. The second kappa shape index (κ2) is 8.65. The number of rotatable bonds is 5. The van der Waals surface area contributed by atoms with Crippen LogP contribution in [0.4, 0.5) is 4.39 Å². The molecule has 0 aliphatic carbocycles. The molecule has 31 heavy (non-hydrogen) atoms. The molecule has 7 heteroatoms. The Morgan fingerprint density at radius 2 is 1.94 bits per heavy atom. The van der Waals surface area contributed by atoms with E-state index >= 15 is 0 Å². The fourth-order valence-corrected chi connectivity index (χ4v) is 4.50. The van der Waals surface area contributed by atoms with Crippen LogP contribution in [0.5, 0.6) is 0 Å². The predicted octanol–water partition coefficient (Wildman–Crippen LogP) is 3.10. The Morgan fingerprint density at radius 3 is 2.61 bits per heavy atom. The molecular weight excluding hydrogens is 415 g/mol. The first kappa shape index (κ1) is 20.7. The standard InChI is InChI=1S/C24H19FN2O3S/c1-3-13-30-23(29)20-15(2)26-24-27(21(20)17-7-5-4-6-8-17)22(28)19(31-24)14-16-9-11-18(25)12-10-16/h3-12,14,21H,1,13H2,2H3/b19-14+. The van der Waals surface area contributed by atoms with E-state index in [1.54, 1.807) is 25.1 Å². The van der Waals surface area contributed by atoms with Crippen molar-refractivity contribution in [2.75, 3.05) is 6.61 Å². The van der Waals surface area contributed by atoms with E-state index < -0.39 is 12.0 Å². The van der Waals surface area contributed by atoms with Crippen molar-refractivity contribution < 1.29 is 13.9 Å². The van der Waals surface area contributed by atoms with Crippen molar-refractivity contribution in [1.82, 2.24) is 4.57 Å². The van der Waals surface area contributed by atoms with Gasteiger partial charge in [0.1, 0.15) is 12.4 Å². The SMILES string of the molecule is C=CCOC(=O)C1=C(C)N=c2s/c(=C/c3ccc(F)cc3)c(=O)n2C1c1ccccc1. The predicted molar refractivity (Wildman–Crippen MR) is 118 cm³/mol. The maximum absolute atomic E-state index is 13.4. The molecule has 1 unspecified atom stereocenters. The number of hydrogen-bond acceptors (Lipinski definition) is 5. The molecule has 1 aliphatic rings. The van der Waals surface area contributed by atoms with E-state index in [1.807, 2.05) is 30.3 Å². The van der Waals surface area contributed by atoms with Gasteiger partial charge in [-0.25, -0.2) is 14.2 Å². The smallest absolute Gasteiger partial charge is 0.338 e. The van der Waals surface area contributed by atoms with Crippen LogP contribution in [0.1, 0.15) is 24.1 Å². The summed E-state index contributed by atoms with van der Waals surface area (Å²) >= 11 is 1.23. The molecule has 1 atom stereocenters. The highest BCUT2D eigenvalue weighted by atomic mass is 32.1. The van der Waals surface area contributed by atoms with Crippen molar-refractivity contribution >= 4 is 23.4 Å². The van der Waals surface area contributed by atoms with Gasteiger partial charge < -0.3 is 4.74 Å². The van der Waals surface area contributed by atoms with E-state index in [-0.39, 0.29) is 18.0 Å². The number of nitrogens with zero attached hydrogens (tertiary/aromatic N) is 2. The minimum atomic E-state index is -0.662. The van der Waals surface area contributed by atoms with Crippen LogP contribution in [-0.4, -0.2) is 17.1 Å². The van der Waals surface area contributed by atoms with Gasteiger partial charge in [-0.1, -0.05) is 66.5 Å². The van der Waals surface area contributed by atoms with Gasteiger partial charge in [-0.2, -0.15) is 0 Å². The fraction of sp³-hybridized carbons (Fsp3) is 0.125. The Labute approximate surface area is 181 Å². The number of aromatic nitrogens is 1. The van der Waals surface area contributed by atoms with E-state index in [0.29, 0.717) is 26.2 Å². The number of hydrogen-bond donors (Lipinski definition) is 0. The molecule has 1 aromatic heterocycles. The normalized spacial score (nSPS) is 15.9. The summed E-state index contributed by atoms with van der Waals surface area (Å²) in [6.45, 7) is 5.37. The zero-order valence-corrected chi connectivity index (χ0v) is 17.6. The lowest BCUT2D eigenvalue weighted by molar-refractivity contribution is -0.138. The molecule has 0 bridgehead atoms. The van der Waals surface area contributed by atoms with Crippen LogP contribution in [0.3, 0.4) is 0 Å². The van der Waals surface area contributed by atoms with Crippen molar-refractivity contribution in [2.24, 2.45) is 4.99 Å². The van der Waals surface area contributed by atoms with Crippen molar-refractivity contribution in [2.45, 2.75) is 13.0 Å². The van der Waals surface area contributed by atoms with Gasteiger partial charge in [-0.05, 0) is 36.3 Å². The second-order valence-corrected chi connectivity index (χ2v) is 7.94. The summed E-state index contributed by atoms with van der Waals surface area (Å²) in [4.78, 5) is 31.2. The van der Waals surface area contributed by atoms with Gasteiger partial charge in [0, 0.05) is 0 Å². The Kier molecular flexibility index (Phi) is 5.77. The Bertz CT molecular complexity index is 1350. The third-order valence-corrected chi connectivity index (χ3v) is 5.84. The molecular formula is C24H19FN2O3S. The molecule has 2 aromatic carbocycles. The lowest BCUT2D eigenvalue weighted by atomic mass is 9.96. The molecule has 3 aromatic rings. The number of esters is 1. The van der Waals surface area contributed by atoms with E-state index in [0.717, 1.165) is 5.56 Å². The molecule has 156 valence electrons. The monoisotopic (exact) mass is 434 g/mol. The van der Waals surface area contributed by atoms with Crippen LogP contribution in [0.25, 0.3) is 6.08 Å². The highest BCUT2D eigenvalue weighted by Crippen LogP contribution is 2.30. The molecule has 2 heterocycles. The summed E-state index contributed by atoms with van der Waals surface area (Å²) in [6.07, 6.45) is 3.18. The van der Waals surface area contributed by atoms with Crippen LogP contribution in [0, 0.1) is 5.82 Å². The largest absolute Gasteiger partial charge is 0.458 e. The molecule has 0 saturated carbocycles. The summed E-state index contributed by atoms with van der Waals surface area (Å²) < 4.78 is 20.5. The summed E-state index contributed by atoms with van der Waals surface area (Å²) in [6, 6.07) is 14.5. The average Bonchev–Trinajstić information content (AvgIpc) is 3.07. The molecule has 5 nitrogen and oxygen atoms in total. The van der Waals surface area contributed by atoms with Crippen LogP contribution in [0.2, 0.25) is 0 Å². The minimum Gasteiger partial charge on any atom is -0.458 e. The molecule has 4 rings (SSSR count). The van der Waals surface area contributed by atoms with Crippen molar-refractivity contribution in [1.29, 1.82) is 0 Å². The van der Waals surface area contributed by atoms with Gasteiger partial charge in [-0.15, -0.1) is 0 Å². The second-order valence-electron chi connectivity index (χ2n) is 6.93. The molecule has 0 radical (unpaired) electrons. The van der Waals surface area contributed by atoms with Gasteiger partial charge in [0.2, 0.25) is 0 Å². The first-order valence-corrected chi connectivity index (χ1v) is 10.4. The first-order chi connectivity index (χ1) is 15.0. The first-order valence-electron chi connectivity index (χ1n) is 9.60. The number of carbonyl (C=O) groups is 1. The summed E-state index contributed by atoms with van der Waals surface area (Å²) in [5.74, 6) is -0.885. The van der Waals surface area contributed by atoms with Gasteiger partial charge in [0.25, 0.3) is 5.56 Å². The summed E-state index contributed by atoms with van der Waals surface area (Å²) in [5, 5.41) is 0. The van der Waals surface area contributed by atoms with Crippen molar-refractivity contribution in [3.63, 3.8) is 0 Å². The highest BCUT2D eigenvalue weighted by molar-refractivity contribution is 7.07. The molecule has 0 amide bonds. The Hall–Kier alpha value is -3.58. The number of carbonyl (C=O) groups excluding carboxylic acids is 1. The van der Waals surface area contributed by atoms with Gasteiger partial charge in [0.05, 0.1) is 21.8 Å². The maximum Gasteiger partial charge on any atom is 0.338 e. The number of benzene rings is 2. The third-order valence-electron chi connectivity index (χ3n) is 4.86. The van der Waals surface area contributed by atoms with Crippen molar-refractivity contribution in [3.8, 4) is 0 Å². The van der Waals surface area contributed by atoms with Crippen LogP contribution in [-0.2, 0) is 9.53 Å². The zero-order valence-electron chi connectivity index (χ0n) is 16.7. The number of thiazole rings is 1. The fourth-order valence-electron chi connectivity index (χ4n) is 3.46. The number of ether oxygens (including phenoxy) is 1. The maximum atomic E-state index is 13.4. The number of halogens is 1. The molecule has 1 aliphatic heterocycles. The van der Waals surface area contributed by atoms with E-state index in [2.05, 4.69) is 11.6 Å². The topological polar surface area (TPSA) is 60.7 Å². The van der Waals surface area contributed by atoms with Crippen LogP contribution in [0.15, 0.2) is 88.3 Å². The van der Waals surface area contributed by atoms with E-state index in [4.69, 9.17) is 4.74 Å². The average molecular weight is 434 g/mol. The Morgan fingerprint density at radius 1 is 1.23 bits per heavy atom. The molecule has 0 spiro atoms. The number of allylic oxidation sites excluding steroid dienone is 1. The van der Waals surface area contributed by atoms with Gasteiger partial charge in [-0.3, -0.25) is 9.36 Å². The van der Waals surface area contributed by atoms with E-state index in [9.17, 15) is 14.0 Å². The minimum absolute atomic E-state index is 0.0616. The van der Waals surface area contributed by atoms with Crippen LogP contribution < -0.4 is 14.9 Å². The van der Waals surface area contributed by atoms with E-state index in [1.165, 1.54) is 34.1 Å². The van der Waals surface area contributed by atoms with Gasteiger partial charge in [0.15, 0.2) is 4.80 Å².